The zero-order valence-electron chi connectivity index (χ0n) is 19.3. The van der Waals surface area contributed by atoms with Gasteiger partial charge in [-0.3, -0.25) is 9.67 Å². The Kier molecular flexibility index (Phi) is 6.38. The maximum absolute atomic E-state index is 14.7. The van der Waals surface area contributed by atoms with Gasteiger partial charge in [-0.05, 0) is 12.1 Å². The van der Waals surface area contributed by atoms with Gasteiger partial charge in [0.25, 0.3) is 6.01 Å². The first kappa shape index (κ1) is 24.0. The smallest absolute Gasteiger partial charge is 0.296 e. The van der Waals surface area contributed by atoms with Crippen LogP contribution in [0.1, 0.15) is 5.69 Å². The average Bonchev–Trinajstić information content (AvgIpc) is 3.66. The highest BCUT2D eigenvalue weighted by molar-refractivity contribution is 6.32. The van der Waals surface area contributed by atoms with Gasteiger partial charge in [0.2, 0.25) is 5.88 Å². The molecule has 14 heteroatoms. The summed E-state index contributed by atoms with van der Waals surface area (Å²) in [6.07, 6.45) is 2.87. The minimum atomic E-state index is -0.680. The Hall–Kier alpha value is -3.36. The van der Waals surface area contributed by atoms with E-state index < -0.39 is 24.1 Å². The molecule has 0 aromatic carbocycles. The van der Waals surface area contributed by atoms with E-state index in [0.717, 1.165) is 0 Å². The zero-order chi connectivity index (χ0) is 25.5. The van der Waals surface area contributed by atoms with E-state index in [4.69, 9.17) is 35.7 Å². The third-order valence-electron chi connectivity index (χ3n) is 6.18. The first-order chi connectivity index (χ1) is 18.0. The Morgan fingerprint density at radius 3 is 2.86 bits per heavy atom. The lowest BCUT2D eigenvalue weighted by Gasteiger charge is -2.15. The number of aromatic amines is 1. The van der Waals surface area contributed by atoms with Crippen molar-refractivity contribution in [3.63, 3.8) is 0 Å². The number of H-pyrrole nitrogens is 1. The number of aliphatic hydroxyl groups is 2. The summed E-state index contributed by atoms with van der Waals surface area (Å²) in [6.45, 7) is 0.548. The van der Waals surface area contributed by atoms with Crippen LogP contribution in [0.4, 0.5) is 4.39 Å². The summed E-state index contributed by atoms with van der Waals surface area (Å²) >= 11 is 6.33. The van der Waals surface area contributed by atoms with Crippen molar-refractivity contribution in [2.75, 3.05) is 19.8 Å². The highest BCUT2D eigenvalue weighted by Crippen LogP contribution is 2.31. The topological polar surface area (TPSA) is 150 Å². The maximum atomic E-state index is 14.7. The standard InChI is InChI=1S/C23H22ClFN6O6/c24-13-4-15-21(30-23(28-15)37-18-10-35-19-17(33)9-34-20(18)19)29-22(13)36-8-16-14(25)3-11(5-26-16)12-6-27-31(7-12)1-2-32/h3-7,17-20,32-33H,1-2,8-10H2,(H,28,29,30)/t17-,18-,19?,20?/m1/s1. The van der Waals surface area contributed by atoms with E-state index in [0.29, 0.717) is 28.8 Å². The SMILES string of the molecule is OCCn1cc(-c2cnc(COc3nc4nc(O[C@@H]5COC6C5OC[C@H]6O)[nH]c4cc3Cl)c(F)c2)cn1. The lowest BCUT2D eigenvalue weighted by Crippen LogP contribution is -2.34. The molecule has 0 saturated carbocycles. The van der Waals surface area contributed by atoms with Crippen molar-refractivity contribution in [2.24, 2.45) is 0 Å². The Labute approximate surface area is 213 Å². The number of aliphatic hydroxyl groups excluding tert-OH is 2. The molecule has 37 heavy (non-hydrogen) atoms. The molecule has 2 fully saturated rings. The minimum absolute atomic E-state index is 0.0463. The highest BCUT2D eigenvalue weighted by Gasteiger charge is 2.48. The van der Waals surface area contributed by atoms with Gasteiger partial charge in [-0.15, -0.1) is 0 Å². The second-order valence-corrected chi connectivity index (χ2v) is 9.07. The van der Waals surface area contributed by atoms with E-state index in [1.807, 2.05) is 0 Å². The number of nitrogens with one attached hydrogen (secondary N) is 1. The molecule has 4 atom stereocenters. The number of imidazole rings is 1. The van der Waals surface area contributed by atoms with Crippen LogP contribution in [0.25, 0.3) is 22.3 Å². The minimum Gasteiger partial charge on any atom is -0.470 e. The quantitative estimate of drug-likeness (QED) is 0.304. The second kappa shape index (κ2) is 9.84. The van der Waals surface area contributed by atoms with Gasteiger partial charge in [-0.25, -0.2) is 4.39 Å². The largest absolute Gasteiger partial charge is 0.470 e. The second-order valence-electron chi connectivity index (χ2n) is 8.66. The fraction of sp³-hybridized carbons (Fsp3) is 0.391. The molecule has 2 aliphatic heterocycles. The zero-order valence-corrected chi connectivity index (χ0v) is 20.0. The molecule has 6 heterocycles. The van der Waals surface area contributed by atoms with Crippen molar-refractivity contribution in [1.82, 2.24) is 29.7 Å². The van der Waals surface area contributed by atoms with Crippen LogP contribution < -0.4 is 9.47 Å². The molecule has 3 N–H and O–H groups in total. The van der Waals surface area contributed by atoms with E-state index in [2.05, 4.69) is 25.0 Å². The number of fused-ring (bicyclic) bond motifs is 2. The molecule has 4 aromatic heterocycles. The first-order valence-electron chi connectivity index (χ1n) is 11.5. The molecule has 0 bridgehead atoms. The number of nitrogens with zero attached hydrogens (tertiary/aromatic N) is 5. The number of hydrogen-bond acceptors (Lipinski definition) is 10. The van der Waals surface area contributed by atoms with Crippen molar-refractivity contribution in [2.45, 2.75) is 37.6 Å². The lowest BCUT2D eigenvalue weighted by molar-refractivity contribution is 0.00706. The molecule has 0 spiro atoms. The first-order valence-corrected chi connectivity index (χ1v) is 11.9. The molecular weight excluding hydrogens is 511 g/mol. The van der Waals surface area contributed by atoms with Crippen molar-refractivity contribution in [1.29, 1.82) is 0 Å². The van der Waals surface area contributed by atoms with Crippen LogP contribution in [-0.2, 0) is 22.6 Å². The third kappa shape index (κ3) is 4.71. The number of halogens is 2. The molecule has 194 valence electrons. The number of ether oxygens (including phenoxy) is 4. The van der Waals surface area contributed by atoms with Gasteiger partial charge < -0.3 is 34.1 Å². The lowest BCUT2D eigenvalue weighted by atomic mass is 10.1. The predicted octanol–water partition coefficient (Wildman–Crippen LogP) is 1.49. The van der Waals surface area contributed by atoms with Gasteiger partial charge in [-0.1, -0.05) is 11.6 Å². The molecule has 0 aliphatic carbocycles. The molecule has 6 rings (SSSR count). The average molecular weight is 533 g/mol. The Morgan fingerprint density at radius 1 is 1.16 bits per heavy atom. The number of hydrogen-bond donors (Lipinski definition) is 3. The maximum Gasteiger partial charge on any atom is 0.296 e. The Morgan fingerprint density at radius 2 is 2.03 bits per heavy atom. The Bertz CT molecular complexity index is 1430. The van der Waals surface area contributed by atoms with E-state index in [-0.39, 0.29) is 55.1 Å². The van der Waals surface area contributed by atoms with Gasteiger partial charge in [0, 0.05) is 23.5 Å². The number of pyridine rings is 2. The predicted molar refractivity (Wildman–Crippen MR) is 126 cm³/mol. The third-order valence-corrected chi connectivity index (χ3v) is 6.45. The molecule has 0 radical (unpaired) electrons. The van der Waals surface area contributed by atoms with Crippen molar-refractivity contribution >= 4 is 22.8 Å². The summed E-state index contributed by atoms with van der Waals surface area (Å²) in [4.78, 5) is 15.8. The monoisotopic (exact) mass is 532 g/mol. The van der Waals surface area contributed by atoms with Gasteiger partial charge in [0.15, 0.2) is 11.8 Å². The van der Waals surface area contributed by atoms with E-state index in [1.165, 1.54) is 12.3 Å². The molecule has 2 unspecified atom stereocenters. The van der Waals surface area contributed by atoms with Gasteiger partial charge in [-0.2, -0.15) is 15.1 Å². The van der Waals surface area contributed by atoms with Crippen LogP contribution in [-0.4, -0.2) is 84.2 Å². The Balaban J connectivity index is 1.14. The summed E-state index contributed by atoms with van der Waals surface area (Å²) in [6, 6.07) is 3.12. The summed E-state index contributed by atoms with van der Waals surface area (Å²) in [5.41, 5.74) is 2.11. The van der Waals surface area contributed by atoms with Gasteiger partial charge >= 0.3 is 0 Å². The van der Waals surface area contributed by atoms with Crippen LogP contribution in [0, 0.1) is 5.82 Å². The van der Waals surface area contributed by atoms with Crippen molar-refractivity contribution in [3.8, 4) is 23.0 Å². The van der Waals surface area contributed by atoms with Crippen molar-refractivity contribution < 1.29 is 33.6 Å². The summed E-state index contributed by atoms with van der Waals surface area (Å²) in [5, 5.41) is 23.2. The van der Waals surface area contributed by atoms with Crippen LogP contribution >= 0.6 is 11.6 Å². The van der Waals surface area contributed by atoms with Gasteiger partial charge in [0.05, 0.1) is 38.1 Å². The fourth-order valence-corrected chi connectivity index (χ4v) is 4.54. The van der Waals surface area contributed by atoms with E-state index >= 15 is 0 Å². The van der Waals surface area contributed by atoms with E-state index in [9.17, 15) is 9.50 Å². The van der Waals surface area contributed by atoms with Crippen LogP contribution in [0.2, 0.25) is 5.02 Å². The molecular formula is C23H22ClFN6O6. The normalized spacial score (nSPS) is 23.0. The summed E-state index contributed by atoms with van der Waals surface area (Å²) < 4.78 is 39.0. The van der Waals surface area contributed by atoms with Crippen LogP contribution in [0.5, 0.6) is 11.9 Å². The molecule has 12 nitrogen and oxygen atoms in total. The fourth-order valence-electron chi connectivity index (χ4n) is 4.33. The highest BCUT2D eigenvalue weighted by atomic mass is 35.5. The van der Waals surface area contributed by atoms with E-state index in [1.54, 1.807) is 23.1 Å². The molecule has 0 amide bonds. The molecule has 2 aliphatic rings. The number of rotatable bonds is 8. The van der Waals surface area contributed by atoms with Crippen LogP contribution in [0.3, 0.4) is 0 Å². The number of aromatic nitrogens is 6. The summed E-state index contributed by atoms with van der Waals surface area (Å²) in [5.74, 6) is -0.495. The molecule has 2 saturated heterocycles. The van der Waals surface area contributed by atoms with Crippen molar-refractivity contribution in [3.05, 3.63) is 47.3 Å². The molecule has 4 aromatic rings. The van der Waals surface area contributed by atoms with Crippen LogP contribution in [0.15, 0.2) is 30.7 Å². The summed E-state index contributed by atoms with van der Waals surface area (Å²) in [7, 11) is 0. The van der Waals surface area contributed by atoms with Gasteiger partial charge in [0.1, 0.15) is 41.5 Å².